The Kier molecular flexibility index (Phi) is 5.01. The van der Waals surface area contributed by atoms with E-state index in [-0.39, 0.29) is 5.69 Å². The molecular weight excluding hydrogens is 411 g/mol. The van der Waals surface area contributed by atoms with Gasteiger partial charge in [0.25, 0.3) is 5.69 Å². The minimum absolute atomic E-state index is 0.0504. The fraction of sp³-hybridized carbons (Fsp3) is 0.0769. The zero-order valence-electron chi connectivity index (χ0n) is 10.1. The summed E-state index contributed by atoms with van der Waals surface area (Å²) in [7, 11) is 0. The first-order valence-electron chi connectivity index (χ1n) is 5.59. The molecule has 2 aromatic carbocycles. The first kappa shape index (κ1) is 15.3. The quantitative estimate of drug-likeness (QED) is 0.533. The number of rotatable bonds is 4. The van der Waals surface area contributed by atoms with E-state index >= 15 is 0 Å². The standard InChI is InChI=1S/C13H9Br2ClN2O2/c14-9-5-4-8(6-12(9)18(19)20)7-17-11-3-1-2-10(16)13(11)15/h1-6,17H,7H2. The van der Waals surface area contributed by atoms with Crippen LogP contribution in [0.3, 0.4) is 0 Å². The molecule has 0 unspecified atom stereocenters. The van der Waals surface area contributed by atoms with Gasteiger partial charge in [0, 0.05) is 12.6 Å². The lowest BCUT2D eigenvalue weighted by Gasteiger charge is -2.09. The highest BCUT2D eigenvalue weighted by Crippen LogP contribution is 2.31. The highest BCUT2D eigenvalue weighted by molar-refractivity contribution is 9.11. The Hall–Kier alpha value is -1.11. The SMILES string of the molecule is O=[N+]([O-])c1cc(CNc2cccc(Cl)c2Br)ccc1Br. The van der Waals surface area contributed by atoms with E-state index in [0.29, 0.717) is 16.0 Å². The number of nitro groups is 1. The molecule has 0 aliphatic heterocycles. The maximum absolute atomic E-state index is 10.9. The summed E-state index contributed by atoms with van der Waals surface area (Å²) in [6.07, 6.45) is 0. The van der Waals surface area contributed by atoms with E-state index in [9.17, 15) is 10.1 Å². The molecule has 0 bridgehead atoms. The van der Waals surface area contributed by atoms with Crippen LogP contribution in [0.4, 0.5) is 11.4 Å². The van der Waals surface area contributed by atoms with E-state index in [2.05, 4.69) is 37.2 Å². The Morgan fingerprint density at radius 1 is 1.25 bits per heavy atom. The van der Waals surface area contributed by atoms with Crippen LogP contribution in [0.25, 0.3) is 0 Å². The normalized spacial score (nSPS) is 10.3. The van der Waals surface area contributed by atoms with Crippen molar-refractivity contribution in [3.05, 3.63) is 66.0 Å². The van der Waals surface area contributed by atoms with Crippen molar-refractivity contribution in [3.8, 4) is 0 Å². The Bertz CT molecular complexity index is 665. The van der Waals surface area contributed by atoms with Crippen molar-refractivity contribution >= 4 is 54.8 Å². The fourth-order valence-corrected chi connectivity index (χ4v) is 2.62. The number of benzene rings is 2. The number of anilines is 1. The lowest BCUT2D eigenvalue weighted by molar-refractivity contribution is -0.385. The van der Waals surface area contributed by atoms with Crippen molar-refractivity contribution < 1.29 is 4.92 Å². The molecule has 0 saturated carbocycles. The molecule has 0 radical (unpaired) electrons. The lowest BCUT2D eigenvalue weighted by atomic mass is 10.2. The molecule has 0 saturated heterocycles. The topological polar surface area (TPSA) is 55.2 Å². The Balaban J connectivity index is 2.17. The molecule has 0 aromatic heterocycles. The molecule has 0 aliphatic carbocycles. The average molecular weight is 420 g/mol. The van der Waals surface area contributed by atoms with Crippen molar-refractivity contribution in [2.75, 3.05) is 5.32 Å². The number of nitrogens with zero attached hydrogens (tertiary/aromatic N) is 1. The van der Waals surface area contributed by atoms with Crippen LogP contribution in [0.5, 0.6) is 0 Å². The highest BCUT2D eigenvalue weighted by Gasteiger charge is 2.12. The number of hydrogen-bond acceptors (Lipinski definition) is 3. The third-order valence-electron chi connectivity index (χ3n) is 2.64. The molecule has 7 heteroatoms. The van der Waals surface area contributed by atoms with Crippen molar-refractivity contribution in [3.63, 3.8) is 0 Å². The predicted octanol–water partition coefficient (Wildman–Crippen LogP) is 5.39. The molecule has 0 heterocycles. The van der Waals surface area contributed by atoms with Crippen LogP contribution in [-0.4, -0.2) is 4.92 Å². The number of nitrogens with one attached hydrogen (secondary N) is 1. The van der Waals surface area contributed by atoms with Gasteiger partial charge in [-0.1, -0.05) is 23.7 Å². The molecule has 4 nitrogen and oxygen atoms in total. The summed E-state index contributed by atoms with van der Waals surface area (Å²) >= 11 is 12.6. The van der Waals surface area contributed by atoms with E-state index in [1.807, 2.05) is 18.2 Å². The van der Waals surface area contributed by atoms with E-state index in [0.717, 1.165) is 15.7 Å². The monoisotopic (exact) mass is 418 g/mol. The van der Waals surface area contributed by atoms with Crippen LogP contribution in [0, 0.1) is 10.1 Å². The van der Waals surface area contributed by atoms with Crippen LogP contribution < -0.4 is 5.32 Å². The Labute approximate surface area is 137 Å². The molecule has 0 aliphatic rings. The van der Waals surface area contributed by atoms with E-state index < -0.39 is 4.92 Å². The van der Waals surface area contributed by atoms with Gasteiger partial charge >= 0.3 is 0 Å². The molecule has 0 atom stereocenters. The summed E-state index contributed by atoms with van der Waals surface area (Å²) in [5.74, 6) is 0. The van der Waals surface area contributed by atoms with Crippen molar-refractivity contribution in [1.82, 2.24) is 0 Å². The van der Waals surface area contributed by atoms with Gasteiger partial charge < -0.3 is 5.32 Å². The Morgan fingerprint density at radius 2 is 2.00 bits per heavy atom. The fourth-order valence-electron chi connectivity index (χ4n) is 1.65. The van der Waals surface area contributed by atoms with Crippen molar-refractivity contribution in [1.29, 1.82) is 0 Å². The molecule has 104 valence electrons. The minimum Gasteiger partial charge on any atom is -0.380 e. The van der Waals surface area contributed by atoms with Gasteiger partial charge in [-0.25, -0.2) is 0 Å². The average Bonchev–Trinajstić information content (AvgIpc) is 2.41. The van der Waals surface area contributed by atoms with Gasteiger partial charge in [-0.05, 0) is 55.6 Å². The van der Waals surface area contributed by atoms with Gasteiger partial charge in [0.2, 0.25) is 0 Å². The van der Waals surface area contributed by atoms with Gasteiger partial charge in [-0.3, -0.25) is 10.1 Å². The first-order valence-corrected chi connectivity index (χ1v) is 7.56. The lowest BCUT2D eigenvalue weighted by Crippen LogP contribution is -2.01. The highest BCUT2D eigenvalue weighted by atomic mass is 79.9. The van der Waals surface area contributed by atoms with Gasteiger partial charge in [-0.15, -0.1) is 0 Å². The van der Waals surface area contributed by atoms with Crippen LogP contribution >= 0.6 is 43.5 Å². The summed E-state index contributed by atoms with van der Waals surface area (Å²) in [6.45, 7) is 0.465. The largest absolute Gasteiger partial charge is 0.380 e. The minimum atomic E-state index is -0.414. The molecule has 0 amide bonds. The second-order valence-corrected chi connectivity index (χ2v) is 6.05. The summed E-state index contributed by atoms with van der Waals surface area (Å²) < 4.78 is 1.24. The molecule has 2 aromatic rings. The summed E-state index contributed by atoms with van der Waals surface area (Å²) in [6, 6.07) is 10.5. The van der Waals surface area contributed by atoms with Crippen LogP contribution in [0.2, 0.25) is 5.02 Å². The van der Waals surface area contributed by atoms with Crippen LogP contribution in [-0.2, 0) is 6.54 Å². The summed E-state index contributed by atoms with van der Waals surface area (Å²) in [5.41, 5.74) is 1.70. The maximum Gasteiger partial charge on any atom is 0.283 e. The molecular formula is C13H9Br2ClN2O2. The predicted molar refractivity (Wildman–Crippen MR) is 87.3 cm³/mol. The smallest absolute Gasteiger partial charge is 0.283 e. The van der Waals surface area contributed by atoms with E-state index in [1.165, 1.54) is 6.07 Å². The Morgan fingerprint density at radius 3 is 2.70 bits per heavy atom. The first-order chi connectivity index (χ1) is 9.49. The van der Waals surface area contributed by atoms with Crippen LogP contribution in [0.1, 0.15) is 5.56 Å². The van der Waals surface area contributed by atoms with Gasteiger partial charge in [0.15, 0.2) is 0 Å². The second-order valence-electron chi connectivity index (χ2n) is 4.00. The van der Waals surface area contributed by atoms with Gasteiger partial charge in [0.05, 0.1) is 24.6 Å². The number of hydrogen-bond donors (Lipinski definition) is 1. The molecule has 1 N–H and O–H groups in total. The summed E-state index contributed by atoms with van der Waals surface area (Å²) in [5, 5.41) is 14.7. The third-order valence-corrected chi connectivity index (χ3v) is 4.71. The molecule has 0 fully saturated rings. The maximum atomic E-state index is 10.9. The zero-order valence-corrected chi connectivity index (χ0v) is 14.0. The summed E-state index contributed by atoms with van der Waals surface area (Å²) in [4.78, 5) is 10.5. The van der Waals surface area contributed by atoms with Crippen molar-refractivity contribution in [2.45, 2.75) is 6.54 Å². The van der Waals surface area contributed by atoms with Gasteiger partial charge in [-0.2, -0.15) is 0 Å². The number of halogens is 3. The number of nitro benzene ring substituents is 1. The van der Waals surface area contributed by atoms with E-state index in [4.69, 9.17) is 11.6 Å². The third kappa shape index (κ3) is 3.50. The van der Waals surface area contributed by atoms with Crippen molar-refractivity contribution in [2.24, 2.45) is 0 Å². The second kappa shape index (κ2) is 6.56. The molecule has 2 rings (SSSR count). The molecule has 20 heavy (non-hydrogen) atoms. The van der Waals surface area contributed by atoms with Gasteiger partial charge in [0.1, 0.15) is 0 Å². The zero-order chi connectivity index (χ0) is 14.7. The van der Waals surface area contributed by atoms with E-state index in [1.54, 1.807) is 12.1 Å². The van der Waals surface area contributed by atoms with Crippen LogP contribution in [0.15, 0.2) is 45.3 Å². The molecule has 0 spiro atoms.